The molecule has 2 aromatic carbocycles. The number of likely N-dealkylation sites (tertiary alicyclic amines) is 1. The largest absolute Gasteiger partial charge is 0.459 e. The Labute approximate surface area is 170 Å². The molecule has 1 saturated heterocycles. The monoisotopic (exact) mass is 416 g/mol. The van der Waals surface area contributed by atoms with E-state index in [1.54, 1.807) is 29.2 Å². The molecular weight excluding hydrogens is 392 g/mol. The third-order valence-electron chi connectivity index (χ3n) is 4.71. The average Bonchev–Trinajstić information content (AvgIpc) is 3.02. The first kappa shape index (κ1) is 20.9. The molecule has 0 bridgehead atoms. The number of rotatable bonds is 7. The number of sulfonamides is 1. The molecule has 7 nitrogen and oxygen atoms in total. The van der Waals surface area contributed by atoms with E-state index < -0.39 is 22.0 Å². The number of nitrogens with one attached hydrogen (secondary N) is 1. The van der Waals surface area contributed by atoms with Crippen LogP contribution in [0.15, 0.2) is 48.5 Å². The van der Waals surface area contributed by atoms with Gasteiger partial charge < -0.3 is 9.64 Å². The number of benzene rings is 2. The molecule has 2 aromatic rings. The van der Waals surface area contributed by atoms with E-state index in [9.17, 15) is 18.0 Å². The molecule has 1 fully saturated rings. The predicted octanol–water partition coefficient (Wildman–Crippen LogP) is 2.60. The first-order valence-electron chi connectivity index (χ1n) is 9.30. The fourth-order valence-corrected chi connectivity index (χ4v) is 3.77. The van der Waals surface area contributed by atoms with E-state index in [2.05, 4.69) is 4.72 Å². The van der Waals surface area contributed by atoms with Gasteiger partial charge in [0.15, 0.2) is 0 Å². The van der Waals surface area contributed by atoms with E-state index in [4.69, 9.17) is 4.74 Å². The zero-order chi connectivity index (χ0) is 21.0. The van der Waals surface area contributed by atoms with Gasteiger partial charge in [-0.15, -0.1) is 0 Å². The molecule has 1 atom stereocenters. The summed E-state index contributed by atoms with van der Waals surface area (Å²) in [6.45, 7) is 2.43. The van der Waals surface area contributed by atoms with Gasteiger partial charge in [0.25, 0.3) is 0 Å². The van der Waals surface area contributed by atoms with E-state index in [0.717, 1.165) is 22.9 Å². The van der Waals surface area contributed by atoms with Gasteiger partial charge >= 0.3 is 5.97 Å². The number of aryl methyl sites for hydroxylation is 1. The van der Waals surface area contributed by atoms with Crippen LogP contribution in [0.5, 0.6) is 0 Å². The van der Waals surface area contributed by atoms with Crippen LogP contribution >= 0.6 is 0 Å². The maximum Gasteiger partial charge on any atom is 0.329 e. The molecule has 1 aliphatic heterocycles. The van der Waals surface area contributed by atoms with Gasteiger partial charge in [-0.1, -0.05) is 42.0 Å². The van der Waals surface area contributed by atoms with E-state index in [-0.39, 0.29) is 12.5 Å². The minimum absolute atomic E-state index is 0.0521. The SMILES string of the molecule is Cc1ccc(CN2C(=O)CC[C@H]2C(=O)OCc2ccc(NS(C)(=O)=O)cc2)cc1. The van der Waals surface area contributed by atoms with Gasteiger partial charge in [-0.2, -0.15) is 0 Å². The number of hydrogen-bond acceptors (Lipinski definition) is 5. The highest BCUT2D eigenvalue weighted by Gasteiger charge is 2.37. The lowest BCUT2D eigenvalue weighted by Crippen LogP contribution is -2.39. The number of esters is 1. The summed E-state index contributed by atoms with van der Waals surface area (Å²) in [5.74, 6) is -0.481. The van der Waals surface area contributed by atoms with E-state index in [0.29, 0.717) is 25.1 Å². The maximum absolute atomic E-state index is 12.6. The third kappa shape index (κ3) is 5.80. The lowest BCUT2D eigenvalue weighted by Gasteiger charge is -2.23. The van der Waals surface area contributed by atoms with E-state index >= 15 is 0 Å². The third-order valence-corrected chi connectivity index (χ3v) is 5.32. The van der Waals surface area contributed by atoms with Crippen molar-refractivity contribution in [2.45, 2.75) is 39.0 Å². The summed E-state index contributed by atoms with van der Waals surface area (Å²) in [5.41, 5.74) is 3.27. The Morgan fingerprint density at radius 3 is 2.34 bits per heavy atom. The summed E-state index contributed by atoms with van der Waals surface area (Å²) in [7, 11) is -3.34. The molecule has 29 heavy (non-hydrogen) atoms. The van der Waals surface area contributed by atoms with Crippen molar-refractivity contribution < 1.29 is 22.7 Å². The molecule has 0 unspecified atom stereocenters. The zero-order valence-electron chi connectivity index (χ0n) is 16.4. The Bertz CT molecular complexity index is 985. The summed E-state index contributed by atoms with van der Waals surface area (Å²) in [4.78, 5) is 26.4. The Hall–Kier alpha value is -2.87. The normalized spacial score (nSPS) is 16.7. The second-order valence-electron chi connectivity index (χ2n) is 7.24. The topological polar surface area (TPSA) is 92.8 Å². The van der Waals surface area contributed by atoms with Gasteiger partial charge in [-0.25, -0.2) is 13.2 Å². The van der Waals surface area contributed by atoms with Crippen LogP contribution in [0.2, 0.25) is 0 Å². The molecule has 154 valence electrons. The molecular formula is C21H24N2O5S. The molecule has 0 radical (unpaired) electrons. The molecule has 1 heterocycles. The smallest absolute Gasteiger partial charge is 0.329 e. The molecule has 0 saturated carbocycles. The number of amides is 1. The highest BCUT2D eigenvalue weighted by molar-refractivity contribution is 7.92. The van der Waals surface area contributed by atoms with Crippen molar-refractivity contribution in [3.05, 3.63) is 65.2 Å². The van der Waals surface area contributed by atoms with Crippen LogP contribution in [0.4, 0.5) is 5.69 Å². The molecule has 3 rings (SSSR count). The fraction of sp³-hybridized carbons (Fsp3) is 0.333. The highest BCUT2D eigenvalue weighted by Crippen LogP contribution is 2.23. The van der Waals surface area contributed by atoms with Gasteiger partial charge in [0.2, 0.25) is 15.9 Å². The molecule has 0 aliphatic carbocycles. The predicted molar refractivity (Wildman–Crippen MR) is 109 cm³/mol. The summed E-state index contributed by atoms with van der Waals surface area (Å²) < 4.78 is 30.3. The molecule has 0 spiro atoms. The van der Waals surface area contributed by atoms with Crippen LogP contribution in [0.3, 0.4) is 0 Å². The van der Waals surface area contributed by atoms with Gasteiger partial charge in [0, 0.05) is 18.7 Å². The summed E-state index contributed by atoms with van der Waals surface area (Å²) in [6, 6.07) is 13.9. The van der Waals surface area contributed by atoms with Gasteiger partial charge in [0.05, 0.1) is 6.26 Å². The van der Waals surface area contributed by atoms with Crippen LogP contribution in [0, 0.1) is 6.92 Å². The van der Waals surface area contributed by atoms with Gasteiger partial charge in [-0.3, -0.25) is 9.52 Å². The van der Waals surface area contributed by atoms with Crippen LogP contribution < -0.4 is 4.72 Å². The second-order valence-corrected chi connectivity index (χ2v) is 8.99. The average molecular weight is 416 g/mol. The number of carbonyl (C=O) groups excluding carboxylic acids is 2. The van der Waals surface area contributed by atoms with Crippen molar-refractivity contribution >= 4 is 27.6 Å². The number of carbonyl (C=O) groups is 2. The second kappa shape index (κ2) is 8.65. The van der Waals surface area contributed by atoms with Crippen molar-refractivity contribution in [3.63, 3.8) is 0 Å². The minimum Gasteiger partial charge on any atom is -0.459 e. The van der Waals surface area contributed by atoms with Crippen molar-refractivity contribution in [2.75, 3.05) is 11.0 Å². The maximum atomic E-state index is 12.6. The van der Waals surface area contributed by atoms with Crippen LogP contribution in [0.1, 0.15) is 29.5 Å². The van der Waals surface area contributed by atoms with Gasteiger partial charge in [0.1, 0.15) is 12.6 Å². The summed E-state index contributed by atoms with van der Waals surface area (Å²) in [6.07, 6.45) is 1.85. The van der Waals surface area contributed by atoms with E-state index in [1.807, 2.05) is 31.2 Å². The van der Waals surface area contributed by atoms with Gasteiger partial charge in [-0.05, 0) is 36.6 Å². The number of anilines is 1. The van der Waals surface area contributed by atoms with Crippen molar-refractivity contribution in [1.29, 1.82) is 0 Å². The number of nitrogens with zero attached hydrogens (tertiary/aromatic N) is 1. The molecule has 0 aromatic heterocycles. The van der Waals surface area contributed by atoms with Crippen molar-refractivity contribution in [2.24, 2.45) is 0 Å². The zero-order valence-corrected chi connectivity index (χ0v) is 17.2. The first-order valence-corrected chi connectivity index (χ1v) is 11.2. The highest BCUT2D eigenvalue weighted by atomic mass is 32.2. The fourth-order valence-electron chi connectivity index (χ4n) is 3.20. The quantitative estimate of drug-likeness (QED) is 0.701. The van der Waals surface area contributed by atoms with Crippen LogP contribution in [0.25, 0.3) is 0 Å². The number of ether oxygens (including phenoxy) is 1. The minimum atomic E-state index is -3.34. The molecule has 1 N–H and O–H groups in total. The Morgan fingerprint density at radius 2 is 1.72 bits per heavy atom. The standard InChI is InChI=1S/C21H24N2O5S/c1-15-3-5-16(6-4-15)13-23-19(11-12-20(23)24)21(25)28-14-17-7-9-18(10-8-17)22-29(2,26)27/h3-10,19,22H,11-14H2,1-2H3/t19-/m0/s1. The van der Waals surface area contributed by atoms with E-state index in [1.165, 1.54) is 0 Å². The molecule has 1 aliphatic rings. The lowest BCUT2D eigenvalue weighted by atomic mass is 10.1. The van der Waals surface area contributed by atoms with Crippen molar-refractivity contribution in [3.8, 4) is 0 Å². The molecule has 1 amide bonds. The van der Waals surface area contributed by atoms with Crippen LogP contribution in [-0.2, 0) is 37.5 Å². The summed E-state index contributed by atoms with van der Waals surface area (Å²) in [5, 5.41) is 0. The Morgan fingerprint density at radius 1 is 1.10 bits per heavy atom. The Balaban J connectivity index is 1.59. The lowest BCUT2D eigenvalue weighted by molar-refractivity contribution is -0.153. The first-order chi connectivity index (χ1) is 13.7. The summed E-state index contributed by atoms with van der Waals surface area (Å²) >= 11 is 0. The van der Waals surface area contributed by atoms with Crippen molar-refractivity contribution in [1.82, 2.24) is 4.90 Å². The number of hydrogen-bond donors (Lipinski definition) is 1. The van der Waals surface area contributed by atoms with Crippen LogP contribution in [-0.4, -0.2) is 37.5 Å². The Kier molecular flexibility index (Phi) is 6.22. The molecule has 8 heteroatoms.